The minimum Gasteiger partial charge on any atom is -0.355 e. The fourth-order valence-electron chi connectivity index (χ4n) is 4.74. The Morgan fingerprint density at radius 3 is 2.18 bits per heavy atom. The van der Waals surface area contributed by atoms with Gasteiger partial charge in [-0.25, -0.2) is 0 Å². The highest BCUT2D eigenvalue weighted by Crippen LogP contribution is 2.36. The number of pyridine rings is 1. The second-order valence-electron chi connectivity index (χ2n) is 9.15. The lowest BCUT2D eigenvalue weighted by Gasteiger charge is -2.41. The molecule has 0 unspecified atom stereocenters. The maximum atomic E-state index is 13.5. The maximum Gasteiger partial charge on any atom is 0.253 e. The first-order valence-electron chi connectivity index (χ1n) is 12.2. The van der Waals surface area contributed by atoms with Crippen LogP contribution >= 0.6 is 0 Å². The fraction of sp³-hybridized carbons (Fsp3) is 0.345. The zero-order chi connectivity index (χ0) is 23.8. The summed E-state index contributed by atoms with van der Waals surface area (Å²) in [5.41, 5.74) is 3.84. The molecule has 5 nitrogen and oxygen atoms in total. The molecule has 1 fully saturated rings. The molecule has 5 heteroatoms. The Bertz CT molecular complexity index is 1070. The van der Waals surface area contributed by atoms with Crippen molar-refractivity contribution in [3.8, 4) is 0 Å². The Balaban J connectivity index is 1.42. The molecule has 0 bridgehead atoms. The average molecular weight is 456 g/mol. The summed E-state index contributed by atoms with van der Waals surface area (Å²) in [6.07, 6.45) is 7.09. The number of benzene rings is 2. The van der Waals surface area contributed by atoms with Crippen molar-refractivity contribution in [2.45, 2.75) is 39.0 Å². The molecule has 2 amide bonds. The predicted molar refractivity (Wildman–Crippen MR) is 134 cm³/mol. The Morgan fingerprint density at radius 2 is 1.53 bits per heavy atom. The van der Waals surface area contributed by atoms with E-state index >= 15 is 0 Å². The molecule has 1 saturated heterocycles. The minimum atomic E-state index is -0.511. The molecule has 2 aromatic carbocycles. The van der Waals surface area contributed by atoms with Crippen molar-refractivity contribution >= 4 is 11.8 Å². The van der Waals surface area contributed by atoms with Gasteiger partial charge in [-0.1, -0.05) is 61.5 Å². The topological polar surface area (TPSA) is 62.3 Å². The SMILES string of the molecule is CCc1ccc(CCNC(=O)C2(Cc3ccccc3)CCN(C(=O)c3ccncc3)CC2)cc1. The molecule has 34 heavy (non-hydrogen) atoms. The summed E-state index contributed by atoms with van der Waals surface area (Å²) in [7, 11) is 0. The van der Waals surface area contributed by atoms with E-state index < -0.39 is 5.41 Å². The van der Waals surface area contributed by atoms with Gasteiger partial charge in [0.05, 0.1) is 5.41 Å². The lowest BCUT2D eigenvalue weighted by molar-refractivity contribution is -0.133. The Hall–Kier alpha value is -3.47. The molecule has 1 N–H and O–H groups in total. The zero-order valence-corrected chi connectivity index (χ0v) is 19.9. The highest BCUT2D eigenvalue weighted by Gasteiger charge is 2.42. The molecular formula is C29H33N3O2. The molecule has 1 aliphatic rings. The van der Waals surface area contributed by atoms with Gasteiger partial charge in [0, 0.05) is 37.6 Å². The van der Waals surface area contributed by atoms with E-state index in [1.54, 1.807) is 24.5 Å². The van der Waals surface area contributed by atoms with E-state index in [1.807, 2.05) is 23.1 Å². The largest absolute Gasteiger partial charge is 0.355 e. The Kier molecular flexibility index (Phi) is 7.73. The average Bonchev–Trinajstić information content (AvgIpc) is 2.90. The molecular weight excluding hydrogens is 422 g/mol. The van der Waals surface area contributed by atoms with Crippen molar-refractivity contribution in [3.05, 3.63) is 101 Å². The third kappa shape index (κ3) is 5.71. The van der Waals surface area contributed by atoms with Gasteiger partial charge in [0.15, 0.2) is 0 Å². The molecule has 1 aromatic heterocycles. The van der Waals surface area contributed by atoms with Crippen LogP contribution in [0.2, 0.25) is 0 Å². The second-order valence-corrected chi connectivity index (χ2v) is 9.15. The van der Waals surface area contributed by atoms with Gasteiger partial charge in [0.1, 0.15) is 0 Å². The van der Waals surface area contributed by atoms with Gasteiger partial charge in [-0.15, -0.1) is 0 Å². The Morgan fingerprint density at radius 1 is 0.882 bits per heavy atom. The fourth-order valence-corrected chi connectivity index (χ4v) is 4.74. The third-order valence-electron chi connectivity index (χ3n) is 6.93. The maximum absolute atomic E-state index is 13.5. The van der Waals surface area contributed by atoms with Crippen molar-refractivity contribution in [3.63, 3.8) is 0 Å². The molecule has 0 spiro atoms. The smallest absolute Gasteiger partial charge is 0.253 e. The highest BCUT2D eigenvalue weighted by atomic mass is 16.2. The first-order chi connectivity index (χ1) is 16.6. The van der Waals surface area contributed by atoms with Crippen LogP contribution in [-0.2, 0) is 24.1 Å². The number of piperidine rings is 1. The quantitative estimate of drug-likeness (QED) is 0.545. The highest BCUT2D eigenvalue weighted by molar-refractivity contribution is 5.94. The molecule has 1 aliphatic heterocycles. The van der Waals surface area contributed by atoms with E-state index in [0.717, 1.165) is 18.4 Å². The van der Waals surface area contributed by atoms with Crippen LogP contribution in [0.3, 0.4) is 0 Å². The zero-order valence-electron chi connectivity index (χ0n) is 19.9. The van der Waals surface area contributed by atoms with Crippen molar-refractivity contribution in [2.75, 3.05) is 19.6 Å². The lowest BCUT2D eigenvalue weighted by atomic mass is 9.72. The molecule has 3 aromatic rings. The van der Waals surface area contributed by atoms with Gasteiger partial charge >= 0.3 is 0 Å². The first kappa shape index (κ1) is 23.7. The summed E-state index contributed by atoms with van der Waals surface area (Å²) in [5, 5.41) is 3.22. The number of hydrogen-bond acceptors (Lipinski definition) is 3. The van der Waals surface area contributed by atoms with Crippen LogP contribution in [0.1, 0.15) is 46.8 Å². The van der Waals surface area contributed by atoms with E-state index in [9.17, 15) is 9.59 Å². The monoisotopic (exact) mass is 455 g/mol. The number of nitrogens with zero attached hydrogens (tertiary/aromatic N) is 2. The Labute approximate surface area is 202 Å². The number of aromatic nitrogens is 1. The van der Waals surface area contributed by atoms with Gasteiger partial charge in [0.2, 0.25) is 5.91 Å². The molecule has 2 heterocycles. The summed E-state index contributed by atoms with van der Waals surface area (Å²) in [4.78, 5) is 32.3. The number of amides is 2. The third-order valence-corrected chi connectivity index (χ3v) is 6.93. The minimum absolute atomic E-state index is 0.00615. The van der Waals surface area contributed by atoms with E-state index in [1.165, 1.54) is 11.1 Å². The number of likely N-dealkylation sites (tertiary alicyclic amines) is 1. The van der Waals surface area contributed by atoms with E-state index in [2.05, 4.69) is 53.6 Å². The van der Waals surface area contributed by atoms with Crippen LogP contribution in [0, 0.1) is 5.41 Å². The summed E-state index contributed by atoms with van der Waals surface area (Å²) < 4.78 is 0. The number of nitrogens with one attached hydrogen (secondary N) is 1. The summed E-state index contributed by atoms with van der Waals surface area (Å²) in [6.45, 7) is 3.90. The van der Waals surface area contributed by atoms with Crippen LogP contribution < -0.4 is 5.32 Å². The second kappa shape index (κ2) is 11.1. The molecule has 0 aliphatic carbocycles. The van der Waals surface area contributed by atoms with Crippen molar-refractivity contribution in [2.24, 2.45) is 5.41 Å². The van der Waals surface area contributed by atoms with Crippen LogP contribution in [0.15, 0.2) is 79.1 Å². The molecule has 0 radical (unpaired) electrons. The van der Waals surface area contributed by atoms with Crippen LogP contribution in [0.4, 0.5) is 0 Å². The lowest BCUT2D eigenvalue weighted by Crippen LogP contribution is -2.51. The van der Waals surface area contributed by atoms with Crippen LogP contribution in [0.5, 0.6) is 0 Å². The van der Waals surface area contributed by atoms with E-state index in [0.29, 0.717) is 44.5 Å². The van der Waals surface area contributed by atoms with Gasteiger partial charge in [-0.2, -0.15) is 0 Å². The summed E-state index contributed by atoms with van der Waals surface area (Å²) in [6, 6.07) is 22.3. The van der Waals surface area contributed by atoms with Gasteiger partial charge in [-0.3, -0.25) is 14.6 Å². The summed E-state index contributed by atoms with van der Waals surface area (Å²) >= 11 is 0. The van der Waals surface area contributed by atoms with E-state index in [-0.39, 0.29) is 11.8 Å². The van der Waals surface area contributed by atoms with Gasteiger partial charge < -0.3 is 10.2 Å². The molecule has 0 atom stereocenters. The van der Waals surface area contributed by atoms with Gasteiger partial charge in [-0.05, 0) is 60.9 Å². The molecule has 0 saturated carbocycles. The number of aryl methyl sites for hydroxylation is 1. The number of carbonyl (C=O) groups excluding carboxylic acids is 2. The first-order valence-corrected chi connectivity index (χ1v) is 12.2. The van der Waals surface area contributed by atoms with Crippen LogP contribution in [-0.4, -0.2) is 41.3 Å². The van der Waals surface area contributed by atoms with E-state index in [4.69, 9.17) is 0 Å². The normalized spacial score (nSPS) is 15.0. The van der Waals surface area contributed by atoms with Crippen LogP contribution in [0.25, 0.3) is 0 Å². The number of carbonyl (C=O) groups is 2. The van der Waals surface area contributed by atoms with Crippen molar-refractivity contribution < 1.29 is 9.59 Å². The van der Waals surface area contributed by atoms with Gasteiger partial charge in [0.25, 0.3) is 5.91 Å². The molecule has 4 rings (SSSR count). The standard InChI is InChI=1S/C29H33N3O2/c1-2-23-8-10-24(11-9-23)12-19-31-28(34)29(22-25-6-4-3-5-7-25)15-20-32(21-16-29)27(33)26-13-17-30-18-14-26/h3-11,13-14,17-18H,2,12,15-16,19-22H2,1H3,(H,31,34). The summed E-state index contributed by atoms with van der Waals surface area (Å²) in [5.74, 6) is 0.101. The van der Waals surface area contributed by atoms with Crippen molar-refractivity contribution in [1.29, 1.82) is 0 Å². The predicted octanol–water partition coefficient (Wildman–Crippen LogP) is 4.47. The number of rotatable bonds is 8. The molecule has 176 valence electrons. The van der Waals surface area contributed by atoms with Crippen molar-refractivity contribution in [1.82, 2.24) is 15.2 Å². The number of hydrogen-bond donors (Lipinski definition) is 1.